The first kappa shape index (κ1) is 15.7. The largest absolute Gasteiger partial charge is 0.480 e. The maximum Gasteiger partial charge on any atom is 0.329 e. The first-order valence-electron chi connectivity index (χ1n) is 5.79. The molecular weight excluding hydrogens is 224 g/mol. The fourth-order valence-corrected chi connectivity index (χ4v) is 1.33. The van der Waals surface area contributed by atoms with Crippen molar-refractivity contribution >= 4 is 12.0 Å². The summed E-state index contributed by atoms with van der Waals surface area (Å²) in [6, 6.07) is 0.0322. The van der Waals surface area contributed by atoms with Crippen molar-refractivity contribution in [1.29, 1.82) is 0 Å². The number of hydrogen-bond acceptors (Lipinski definition) is 3. The van der Waals surface area contributed by atoms with Gasteiger partial charge in [0.1, 0.15) is 6.61 Å². The number of carbonyl (C=O) groups excluding carboxylic acids is 1. The number of rotatable bonds is 8. The number of nitrogens with one attached hydrogen (secondary N) is 1. The molecule has 6 nitrogen and oxygen atoms in total. The Morgan fingerprint density at radius 1 is 1.47 bits per heavy atom. The summed E-state index contributed by atoms with van der Waals surface area (Å²) in [7, 11) is 1.74. The molecule has 1 atom stereocenters. The topological polar surface area (TPSA) is 78.9 Å². The van der Waals surface area contributed by atoms with E-state index < -0.39 is 5.97 Å². The highest BCUT2D eigenvalue weighted by atomic mass is 16.5. The molecule has 0 aliphatic carbocycles. The van der Waals surface area contributed by atoms with E-state index in [0.717, 1.165) is 12.8 Å². The van der Waals surface area contributed by atoms with Crippen LogP contribution in [-0.2, 0) is 9.53 Å². The van der Waals surface area contributed by atoms with E-state index in [0.29, 0.717) is 6.54 Å². The van der Waals surface area contributed by atoms with Crippen LogP contribution in [0.15, 0.2) is 0 Å². The van der Waals surface area contributed by atoms with Gasteiger partial charge in [0, 0.05) is 19.6 Å². The Labute approximate surface area is 102 Å². The predicted octanol–water partition coefficient (Wildman–Crippen LogP) is 0.918. The zero-order valence-electron chi connectivity index (χ0n) is 10.7. The lowest BCUT2D eigenvalue weighted by Gasteiger charge is -2.24. The summed E-state index contributed by atoms with van der Waals surface area (Å²) >= 11 is 0. The van der Waals surface area contributed by atoms with Gasteiger partial charge in [0.25, 0.3) is 0 Å². The summed E-state index contributed by atoms with van der Waals surface area (Å²) in [5, 5.41) is 11.0. The Morgan fingerprint density at radius 2 is 2.12 bits per heavy atom. The molecule has 0 fully saturated rings. The van der Waals surface area contributed by atoms with Crippen molar-refractivity contribution < 1.29 is 19.4 Å². The summed E-state index contributed by atoms with van der Waals surface area (Å²) in [4.78, 5) is 23.4. The summed E-state index contributed by atoms with van der Waals surface area (Å²) < 4.78 is 4.80. The smallest absolute Gasteiger partial charge is 0.329 e. The van der Waals surface area contributed by atoms with Crippen molar-refractivity contribution in [2.75, 3.05) is 26.8 Å². The van der Waals surface area contributed by atoms with Crippen LogP contribution >= 0.6 is 0 Å². The second-order valence-corrected chi connectivity index (χ2v) is 3.93. The lowest BCUT2D eigenvalue weighted by Crippen LogP contribution is -2.43. The van der Waals surface area contributed by atoms with Crippen molar-refractivity contribution in [2.45, 2.75) is 32.7 Å². The van der Waals surface area contributed by atoms with Gasteiger partial charge < -0.3 is 20.1 Å². The minimum atomic E-state index is -1.01. The SMILES string of the molecule is CCCC(C)N(C)C(=O)NCCOCC(=O)O. The van der Waals surface area contributed by atoms with Crippen LogP contribution in [0.2, 0.25) is 0 Å². The molecule has 0 aromatic rings. The summed E-state index contributed by atoms with van der Waals surface area (Å²) in [6.45, 7) is 4.24. The average molecular weight is 246 g/mol. The minimum Gasteiger partial charge on any atom is -0.480 e. The van der Waals surface area contributed by atoms with Crippen LogP contribution in [0.5, 0.6) is 0 Å². The lowest BCUT2D eigenvalue weighted by atomic mass is 10.2. The van der Waals surface area contributed by atoms with E-state index in [2.05, 4.69) is 12.2 Å². The van der Waals surface area contributed by atoms with E-state index >= 15 is 0 Å². The molecule has 2 amide bonds. The van der Waals surface area contributed by atoms with E-state index in [1.54, 1.807) is 11.9 Å². The van der Waals surface area contributed by atoms with Gasteiger partial charge in [-0.05, 0) is 13.3 Å². The fraction of sp³-hybridized carbons (Fsp3) is 0.818. The van der Waals surface area contributed by atoms with E-state index in [-0.39, 0.29) is 25.3 Å². The van der Waals surface area contributed by atoms with Crippen molar-refractivity contribution in [2.24, 2.45) is 0 Å². The van der Waals surface area contributed by atoms with Crippen LogP contribution in [-0.4, -0.2) is 54.9 Å². The summed E-state index contributed by atoms with van der Waals surface area (Å²) in [6.07, 6.45) is 1.99. The Balaban J connectivity index is 3.67. The second kappa shape index (κ2) is 8.81. The fourth-order valence-electron chi connectivity index (χ4n) is 1.33. The zero-order chi connectivity index (χ0) is 13.3. The van der Waals surface area contributed by atoms with Gasteiger partial charge in [0.05, 0.1) is 6.61 Å². The van der Waals surface area contributed by atoms with Gasteiger partial charge in [-0.2, -0.15) is 0 Å². The van der Waals surface area contributed by atoms with Crippen LogP contribution in [0.4, 0.5) is 4.79 Å². The third kappa shape index (κ3) is 7.57. The molecule has 0 aliphatic rings. The molecule has 0 saturated carbocycles. The number of carboxylic acids is 1. The lowest BCUT2D eigenvalue weighted by molar-refractivity contribution is -0.142. The minimum absolute atomic E-state index is 0.162. The molecule has 100 valence electrons. The third-order valence-electron chi connectivity index (χ3n) is 2.44. The second-order valence-electron chi connectivity index (χ2n) is 3.93. The highest BCUT2D eigenvalue weighted by molar-refractivity contribution is 5.74. The van der Waals surface area contributed by atoms with Gasteiger partial charge >= 0.3 is 12.0 Å². The average Bonchev–Trinajstić information content (AvgIpc) is 2.27. The summed E-state index contributed by atoms with van der Waals surface area (Å²) in [5.74, 6) is -1.01. The standard InChI is InChI=1S/C11H22N2O4/c1-4-5-9(2)13(3)11(16)12-6-7-17-8-10(14)15/h9H,4-8H2,1-3H3,(H,12,16)(H,14,15). The highest BCUT2D eigenvalue weighted by Crippen LogP contribution is 2.03. The van der Waals surface area contributed by atoms with Gasteiger partial charge in [0.2, 0.25) is 0 Å². The van der Waals surface area contributed by atoms with Crippen molar-refractivity contribution in [3.63, 3.8) is 0 Å². The number of amides is 2. The molecule has 0 aromatic carbocycles. The van der Waals surface area contributed by atoms with E-state index in [9.17, 15) is 9.59 Å². The number of ether oxygens (including phenoxy) is 1. The van der Waals surface area contributed by atoms with Gasteiger partial charge in [-0.1, -0.05) is 13.3 Å². The monoisotopic (exact) mass is 246 g/mol. The summed E-state index contributed by atoms with van der Waals surface area (Å²) in [5.41, 5.74) is 0. The molecule has 0 aromatic heterocycles. The highest BCUT2D eigenvalue weighted by Gasteiger charge is 2.13. The molecular formula is C11H22N2O4. The number of carbonyl (C=O) groups is 2. The van der Waals surface area contributed by atoms with Crippen molar-refractivity contribution in [3.05, 3.63) is 0 Å². The van der Waals surface area contributed by atoms with Gasteiger partial charge in [0.15, 0.2) is 0 Å². The van der Waals surface area contributed by atoms with Gasteiger partial charge in [-0.25, -0.2) is 9.59 Å². The normalized spacial score (nSPS) is 11.9. The van der Waals surface area contributed by atoms with Gasteiger partial charge in [-0.15, -0.1) is 0 Å². The number of carboxylic acid groups (broad SMARTS) is 1. The van der Waals surface area contributed by atoms with E-state index in [1.807, 2.05) is 6.92 Å². The molecule has 0 spiro atoms. The van der Waals surface area contributed by atoms with Crippen LogP contribution in [0, 0.1) is 0 Å². The molecule has 1 unspecified atom stereocenters. The molecule has 0 radical (unpaired) electrons. The Bertz CT molecular complexity index is 246. The van der Waals surface area contributed by atoms with Crippen molar-refractivity contribution in [3.8, 4) is 0 Å². The molecule has 0 bridgehead atoms. The first-order chi connectivity index (χ1) is 7.99. The number of hydrogen-bond donors (Lipinski definition) is 2. The third-order valence-corrected chi connectivity index (χ3v) is 2.44. The predicted molar refractivity (Wildman–Crippen MR) is 64.0 cm³/mol. The Kier molecular flexibility index (Phi) is 8.13. The van der Waals surface area contributed by atoms with Crippen LogP contribution in [0.25, 0.3) is 0 Å². The van der Waals surface area contributed by atoms with Gasteiger partial charge in [-0.3, -0.25) is 0 Å². The van der Waals surface area contributed by atoms with Crippen LogP contribution < -0.4 is 5.32 Å². The molecule has 6 heteroatoms. The number of urea groups is 1. The molecule has 0 aliphatic heterocycles. The molecule has 17 heavy (non-hydrogen) atoms. The van der Waals surface area contributed by atoms with E-state index in [4.69, 9.17) is 9.84 Å². The molecule has 2 N–H and O–H groups in total. The molecule has 0 heterocycles. The Hall–Kier alpha value is -1.30. The number of nitrogens with zero attached hydrogens (tertiary/aromatic N) is 1. The maximum atomic E-state index is 11.6. The zero-order valence-corrected chi connectivity index (χ0v) is 10.7. The van der Waals surface area contributed by atoms with Crippen molar-refractivity contribution in [1.82, 2.24) is 10.2 Å². The quantitative estimate of drug-likeness (QED) is 0.624. The van der Waals surface area contributed by atoms with Crippen LogP contribution in [0.3, 0.4) is 0 Å². The first-order valence-corrected chi connectivity index (χ1v) is 5.79. The van der Waals surface area contributed by atoms with Crippen LogP contribution in [0.1, 0.15) is 26.7 Å². The maximum absolute atomic E-state index is 11.6. The molecule has 0 saturated heterocycles. The Morgan fingerprint density at radius 3 is 2.65 bits per heavy atom. The molecule has 0 rings (SSSR count). The number of aliphatic carboxylic acids is 1. The van der Waals surface area contributed by atoms with E-state index in [1.165, 1.54) is 0 Å².